The number of fused-ring (bicyclic) bond motifs is 7. The number of hydrogen-bond donors (Lipinski definition) is 0. The number of furan rings is 1. The largest absolute Gasteiger partial charge is 0.456 e. The zero-order valence-corrected chi connectivity index (χ0v) is 26.0. The third-order valence-electron chi connectivity index (χ3n) is 9.15. The first-order valence-corrected chi connectivity index (χ1v) is 16.0. The van der Waals surface area contributed by atoms with E-state index < -0.39 is 0 Å². The molecule has 10 rings (SSSR count). The van der Waals surface area contributed by atoms with Gasteiger partial charge < -0.3 is 4.42 Å². The Kier molecular flexibility index (Phi) is 5.10. The third-order valence-corrected chi connectivity index (χ3v) is 9.15. The van der Waals surface area contributed by atoms with Crippen molar-refractivity contribution in [2.45, 2.75) is 0 Å². The second kappa shape index (κ2) is 11.0. The molecule has 0 aliphatic carbocycles. The molecule has 0 aliphatic rings. The van der Waals surface area contributed by atoms with Crippen LogP contribution in [0.5, 0.6) is 0 Å². The Bertz CT molecular complexity index is 3190. The van der Waals surface area contributed by atoms with Crippen LogP contribution in [0.3, 0.4) is 0 Å². The highest BCUT2D eigenvalue weighted by Gasteiger charge is 2.18. The number of rotatable bonds is 4. The number of aromatic nitrogens is 3. The number of hydrogen-bond acceptors (Lipinski definition) is 4. The molecule has 0 radical (unpaired) electrons. The number of benzene rings is 8. The van der Waals surface area contributed by atoms with Crippen molar-refractivity contribution in [1.82, 2.24) is 15.0 Å². The van der Waals surface area contributed by atoms with E-state index in [1.54, 1.807) is 0 Å². The molecule has 0 amide bonds. The van der Waals surface area contributed by atoms with E-state index in [1.165, 1.54) is 22.9 Å². The molecule has 8 aromatic carbocycles. The predicted molar refractivity (Wildman–Crippen MR) is 201 cm³/mol. The van der Waals surface area contributed by atoms with Gasteiger partial charge in [-0.2, -0.15) is 0 Å². The minimum atomic E-state index is -0.277. The maximum absolute atomic E-state index is 9.15. The van der Waals surface area contributed by atoms with Crippen LogP contribution in [0.15, 0.2) is 168 Å². The monoisotopic (exact) mass is 630 g/mol. The fourth-order valence-corrected chi connectivity index (χ4v) is 6.84. The zero-order chi connectivity index (χ0) is 36.7. The van der Waals surface area contributed by atoms with Crippen molar-refractivity contribution in [2.75, 3.05) is 0 Å². The molecule has 0 saturated heterocycles. The van der Waals surface area contributed by atoms with Crippen LogP contribution in [-0.2, 0) is 0 Å². The normalized spacial score (nSPS) is 13.1. The summed E-state index contributed by atoms with van der Waals surface area (Å²) in [4.78, 5) is 15.0. The molecule has 49 heavy (non-hydrogen) atoms. The summed E-state index contributed by atoms with van der Waals surface area (Å²) in [6, 6.07) is 43.3. The van der Waals surface area contributed by atoms with E-state index in [2.05, 4.69) is 60.7 Å². The molecule has 0 saturated carbocycles. The molecular weight excluding hydrogens is 599 g/mol. The molecule has 2 heterocycles. The molecule has 2 aromatic heterocycles. The molecule has 0 fully saturated rings. The van der Waals surface area contributed by atoms with Gasteiger partial charge >= 0.3 is 0 Å². The van der Waals surface area contributed by atoms with Crippen LogP contribution in [0.25, 0.3) is 99.5 Å². The average molecular weight is 631 g/mol. The van der Waals surface area contributed by atoms with Crippen LogP contribution in [0.4, 0.5) is 0 Å². The molecule has 228 valence electrons. The Balaban J connectivity index is 1.24. The summed E-state index contributed by atoms with van der Waals surface area (Å²) in [6.07, 6.45) is 0. The van der Waals surface area contributed by atoms with E-state index in [1.807, 2.05) is 60.7 Å². The first-order chi connectivity index (χ1) is 26.3. The highest BCUT2D eigenvalue weighted by Crippen LogP contribution is 2.38. The fraction of sp³-hybridized carbons (Fsp3) is 0. The van der Waals surface area contributed by atoms with Crippen LogP contribution < -0.4 is 0 Å². The van der Waals surface area contributed by atoms with Crippen molar-refractivity contribution < 1.29 is 11.3 Å². The summed E-state index contributed by atoms with van der Waals surface area (Å²) >= 11 is 0. The lowest BCUT2D eigenvalue weighted by molar-refractivity contribution is 0.669. The van der Waals surface area contributed by atoms with E-state index in [9.17, 15) is 0 Å². The van der Waals surface area contributed by atoms with Gasteiger partial charge in [0.1, 0.15) is 11.2 Å². The van der Waals surface area contributed by atoms with Crippen LogP contribution in [0.1, 0.15) is 6.85 Å². The molecular formula is C45H27N3O. The summed E-state index contributed by atoms with van der Waals surface area (Å²) in [5.41, 5.74) is 4.07. The van der Waals surface area contributed by atoms with E-state index in [0.717, 1.165) is 43.8 Å². The molecule has 0 spiro atoms. The van der Waals surface area contributed by atoms with Gasteiger partial charge in [0.15, 0.2) is 17.5 Å². The predicted octanol–water partition coefficient (Wildman–Crippen LogP) is 11.9. The molecule has 4 nitrogen and oxygen atoms in total. The van der Waals surface area contributed by atoms with Crippen molar-refractivity contribution >= 4 is 54.3 Å². The second-order valence-corrected chi connectivity index (χ2v) is 12.0. The van der Waals surface area contributed by atoms with Crippen molar-refractivity contribution in [1.29, 1.82) is 0 Å². The van der Waals surface area contributed by atoms with Crippen LogP contribution >= 0.6 is 0 Å². The number of para-hydroxylation sites is 1. The standard InChI is InChI=1S/C45H27N3O/c1-2-12-29-25-33(24-23-28(29)11-1)44-46-43(47-45(48-44)38-20-10-22-41-42(38)37-19-7-8-21-40(37)49-41)32-15-9-14-30(26-32)39-27-31-13-3-4-16-34(31)35-17-5-6-18-36(35)39/h1-27H/i7D,8D,20D,21D,22D. The molecule has 4 heteroatoms. The highest BCUT2D eigenvalue weighted by molar-refractivity contribution is 6.14. The van der Waals surface area contributed by atoms with Gasteiger partial charge in [-0.05, 0) is 73.7 Å². The smallest absolute Gasteiger partial charge is 0.164 e. The first-order valence-electron chi connectivity index (χ1n) is 18.5. The Labute approximate surface area is 289 Å². The van der Waals surface area contributed by atoms with Gasteiger partial charge in [0.25, 0.3) is 0 Å². The topological polar surface area (TPSA) is 51.8 Å². The van der Waals surface area contributed by atoms with Crippen molar-refractivity contribution in [3.8, 4) is 45.3 Å². The van der Waals surface area contributed by atoms with Gasteiger partial charge in [0, 0.05) is 27.5 Å². The quantitative estimate of drug-likeness (QED) is 0.182. The van der Waals surface area contributed by atoms with Gasteiger partial charge in [-0.15, -0.1) is 0 Å². The number of nitrogens with zero attached hydrogens (tertiary/aromatic N) is 3. The van der Waals surface area contributed by atoms with Gasteiger partial charge in [-0.3, -0.25) is 0 Å². The van der Waals surface area contributed by atoms with E-state index in [4.69, 9.17) is 26.2 Å². The molecule has 0 atom stereocenters. The van der Waals surface area contributed by atoms with Crippen LogP contribution in [0, 0.1) is 0 Å². The summed E-state index contributed by atoms with van der Waals surface area (Å²) in [7, 11) is 0. The molecule has 0 aliphatic heterocycles. The van der Waals surface area contributed by atoms with Crippen molar-refractivity contribution in [3.05, 3.63) is 164 Å². The maximum Gasteiger partial charge on any atom is 0.164 e. The minimum absolute atomic E-state index is 0.0128. The van der Waals surface area contributed by atoms with Crippen LogP contribution in [0.2, 0.25) is 0 Å². The van der Waals surface area contributed by atoms with Gasteiger partial charge in [-0.1, -0.05) is 133 Å². The lowest BCUT2D eigenvalue weighted by atomic mass is 9.92. The third kappa shape index (κ3) is 4.57. The second-order valence-electron chi connectivity index (χ2n) is 12.0. The molecule has 0 bridgehead atoms. The molecule has 0 unspecified atom stereocenters. The van der Waals surface area contributed by atoms with Gasteiger partial charge in [0.05, 0.1) is 6.85 Å². The van der Waals surface area contributed by atoms with Crippen molar-refractivity contribution in [2.24, 2.45) is 0 Å². The highest BCUT2D eigenvalue weighted by atomic mass is 16.3. The Morgan fingerprint density at radius 1 is 0.408 bits per heavy atom. The molecule has 10 aromatic rings. The van der Waals surface area contributed by atoms with Crippen molar-refractivity contribution in [3.63, 3.8) is 0 Å². The van der Waals surface area contributed by atoms with Gasteiger partial charge in [0.2, 0.25) is 0 Å². The average Bonchev–Trinajstić information content (AvgIpc) is 3.59. The maximum atomic E-state index is 9.15. The van der Waals surface area contributed by atoms with E-state index >= 15 is 0 Å². The first kappa shape index (κ1) is 22.8. The Hall–Kier alpha value is -6.65. The lowest BCUT2D eigenvalue weighted by Crippen LogP contribution is -2.00. The Morgan fingerprint density at radius 3 is 2.00 bits per heavy atom. The summed E-state index contributed by atoms with van der Waals surface area (Å²) < 4.78 is 49.1. The van der Waals surface area contributed by atoms with E-state index in [-0.39, 0.29) is 47.2 Å². The van der Waals surface area contributed by atoms with Crippen LogP contribution in [-0.4, -0.2) is 15.0 Å². The summed E-state index contributed by atoms with van der Waals surface area (Å²) in [5, 5.41) is 7.41. The summed E-state index contributed by atoms with van der Waals surface area (Å²) in [5.74, 6) is 0.977. The van der Waals surface area contributed by atoms with Gasteiger partial charge in [-0.25, -0.2) is 15.0 Å². The zero-order valence-electron chi connectivity index (χ0n) is 31.0. The minimum Gasteiger partial charge on any atom is -0.456 e. The summed E-state index contributed by atoms with van der Waals surface area (Å²) in [6.45, 7) is 0. The lowest BCUT2D eigenvalue weighted by Gasteiger charge is -2.13. The fourth-order valence-electron chi connectivity index (χ4n) is 6.84. The SMILES string of the molecule is [2H]c1cc2c(oc3c([2H])cc([2H])c(-c4nc(-c5cccc(-c6cc7ccccc7c7ccccc67)c5)nc(-c5ccc6ccccc6c5)n4)c32)c([2H])c1[2H]. The Morgan fingerprint density at radius 2 is 1.12 bits per heavy atom. The van der Waals surface area contributed by atoms with E-state index in [0.29, 0.717) is 28.0 Å². The molecule has 0 N–H and O–H groups in total.